The second kappa shape index (κ2) is 6.10. The van der Waals surface area contributed by atoms with Crippen LogP contribution in [0.2, 0.25) is 0 Å². The number of aryl methyl sites for hydroxylation is 1. The van der Waals surface area contributed by atoms with Gasteiger partial charge in [-0.15, -0.1) is 0 Å². The van der Waals surface area contributed by atoms with Gasteiger partial charge in [0.2, 0.25) is 0 Å². The third kappa shape index (κ3) is 3.26. The van der Waals surface area contributed by atoms with E-state index in [9.17, 15) is 4.79 Å². The van der Waals surface area contributed by atoms with Crippen molar-refractivity contribution in [3.8, 4) is 11.5 Å². The van der Waals surface area contributed by atoms with Gasteiger partial charge < -0.3 is 14.6 Å². The summed E-state index contributed by atoms with van der Waals surface area (Å²) in [5, 5.41) is 8.83. The largest absolute Gasteiger partial charge is 0.496 e. The van der Waals surface area contributed by atoms with Gasteiger partial charge in [0, 0.05) is 11.1 Å². The van der Waals surface area contributed by atoms with Gasteiger partial charge in [0.05, 0.1) is 14.2 Å². The lowest BCUT2D eigenvalue weighted by Gasteiger charge is -2.13. The molecule has 0 saturated carbocycles. The van der Waals surface area contributed by atoms with E-state index < -0.39 is 5.97 Å². The minimum atomic E-state index is -0.917. The Hall–Kier alpha value is -1.97. The molecule has 0 radical (unpaired) electrons. The van der Waals surface area contributed by atoms with E-state index in [0.717, 1.165) is 11.1 Å². The molecule has 98 valence electrons. The van der Waals surface area contributed by atoms with E-state index >= 15 is 0 Å². The molecule has 0 amide bonds. The minimum Gasteiger partial charge on any atom is -0.496 e. The first-order valence-corrected chi connectivity index (χ1v) is 5.61. The van der Waals surface area contributed by atoms with Crippen molar-refractivity contribution in [2.75, 3.05) is 14.2 Å². The average Bonchev–Trinajstić information content (AvgIpc) is 2.35. The molecule has 0 atom stereocenters. The standard InChI is InChI=1S/C14H18O4/c1-9-7-12(17-3)11(13(8-9)18-4)6-5-10(2)14(15)16/h5,7-8H,6H2,1-4H3,(H,15,16)/b10-5+. The van der Waals surface area contributed by atoms with Gasteiger partial charge in [-0.1, -0.05) is 6.08 Å². The number of carboxylic acids is 1. The summed E-state index contributed by atoms with van der Waals surface area (Å²) in [5.41, 5.74) is 2.19. The maximum Gasteiger partial charge on any atom is 0.330 e. The number of aliphatic carboxylic acids is 1. The highest BCUT2D eigenvalue weighted by atomic mass is 16.5. The number of benzene rings is 1. The fourth-order valence-corrected chi connectivity index (χ4v) is 1.66. The fraction of sp³-hybridized carbons (Fsp3) is 0.357. The van der Waals surface area contributed by atoms with E-state index in [2.05, 4.69) is 0 Å². The van der Waals surface area contributed by atoms with E-state index in [0.29, 0.717) is 23.5 Å². The molecule has 4 heteroatoms. The molecule has 0 aliphatic heterocycles. The van der Waals surface area contributed by atoms with Crippen LogP contribution in [0.3, 0.4) is 0 Å². The van der Waals surface area contributed by atoms with Crippen LogP contribution in [0.15, 0.2) is 23.8 Å². The normalized spacial score (nSPS) is 11.2. The summed E-state index contributed by atoms with van der Waals surface area (Å²) in [4.78, 5) is 10.8. The highest BCUT2D eigenvalue weighted by Crippen LogP contribution is 2.31. The SMILES string of the molecule is COc1cc(C)cc(OC)c1C/C=C(\C)C(=O)O. The highest BCUT2D eigenvalue weighted by molar-refractivity contribution is 5.85. The zero-order chi connectivity index (χ0) is 13.7. The maximum atomic E-state index is 10.8. The van der Waals surface area contributed by atoms with E-state index in [1.807, 2.05) is 19.1 Å². The van der Waals surface area contributed by atoms with E-state index in [4.69, 9.17) is 14.6 Å². The lowest BCUT2D eigenvalue weighted by molar-refractivity contribution is -0.132. The van der Waals surface area contributed by atoms with Gasteiger partial charge in [0.1, 0.15) is 11.5 Å². The molecule has 0 bridgehead atoms. The van der Waals surface area contributed by atoms with Gasteiger partial charge >= 0.3 is 5.97 Å². The van der Waals surface area contributed by atoms with Crippen molar-refractivity contribution in [1.82, 2.24) is 0 Å². The lowest BCUT2D eigenvalue weighted by atomic mass is 10.0. The molecule has 0 unspecified atom stereocenters. The minimum absolute atomic E-state index is 0.305. The summed E-state index contributed by atoms with van der Waals surface area (Å²) in [5.74, 6) is 0.502. The van der Waals surface area contributed by atoms with Crippen LogP contribution in [0.4, 0.5) is 0 Å². The van der Waals surface area contributed by atoms with Gasteiger partial charge in [-0.05, 0) is 38.0 Å². The molecule has 1 N–H and O–H groups in total. The summed E-state index contributed by atoms with van der Waals surface area (Å²) in [6.45, 7) is 3.52. The number of carbonyl (C=O) groups is 1. The summed E-state index contributed by atoms with van der Waals surface area (Å²) >= 11 is 0. The molecule has 0 saturated heterocycles. The molecule has 0 fully saturated rings. The molecule has 4 nitrogen and oxygen atoms in total. The molecule has 1 rings (SSSR count). The van der Waals surface area contributed by atoms with Gasteiger partial charge in [-0.25, -0.2) is 4.79 Å². The molecule has 1 aromatic carbocycles. The van der Waals surface area contributed by atoms with Crippen molar-refractivity contribution in [2.24, 2.45) is 0 Å². The molecule has 18 heavy (non-hydrogen) atoms. The van der Waals surface area contributed by atoms with Crippen LogP contribution in [0.25, 0.3) is 0 Å². The van der Waals surface area contributed by atoms with E-state index in [-0.39, 0.29) is 0 Å². The van der Waals surface area contributed by atoms with E-state index in [1.54, 1.807) is 27.2 Å². The monoisotopic (exact) mass is 250 g/mol. The molecular formula is C14H18O4. The van der Waals surface area contributed by atoms with Crippen LogP contribution in [0, 0.1) is 6.92 Å². The number of methoxy groups -OCH3 is 2. The third-order valence-electron chi connectivity index (χ3n) is 2.70. The van der Waals surface area contributed by atoms with Crippen LogP contribution in [-0.4, -0.2) is 25.3 Å². The van der Waals surface area contributed by atoms with Crippen molar-refractivity contribution in [1.29, 1.82) is 0 Å². The fourth-order valence-electron chi connectivity index (χ4n) is 1.66. The Bertz CT molecular complexity index is 450. The summed E-state index contributed by atoms with van der Waals surface area (Å²) in [6.07, 6.45) is 2.11. The maximum absolute atomic E-state index is 10.8. The van der Waals surface area contributed by atoms with Gasteiger partial charge in [-0.2, -0.15) is 0 Å². The summed E-state index contributed by atoms with van der Waals surface area (Å²) < 4.78 is 10.6. The van der Waals surface area contributed by atoms with Gasteiger partial charge in [0.25, 0.3) is 0 Å². The second-order valence-corrected chi connectivity index (χ2v) is 4.04. The Morgan fingerprint density at radius 2 is 1.78 bits per heavy atom. The quantitative estimate of drug-likeness (QED) is 0.816. The van der Waals surface area contributed by atoms with Crippen molar-refractivity contribution in [3.05, 3.63) is 34.9 Å². The molecular weight excluding hydrogens is 232 g/mol. The molecule has 0 heterocycles. The lowest BCUT2D eigenvalue weighted by Crippen LogP contribution is -2.00. The number of hydrogen-bond donors (Lipinski definition) is 1. The third-order valence-corrected chi connectivity index (χ3v) is 2.70. The average molecular weight is 250 g/mol. The smallest absolute Gasteiger partial charge is 0.330 e. The zero-order valence-corrected chi connectivity index (χ0v) is 11.1. The Morgan fingerprint density at radius 1 is 1.28 bits per heavy atom. The number of hydrogen-bond acceptors (Lipinski definition) is 3. The number of allylic oxidation sites excluding steroid dienone is 1. The topological polar surface area (TPSA) is 55.8 Å². The summed E-state index contributed by atoms with van der Waals surface area (Å²) in [7, 11) is 3.18. The van der Waals surface area contributed by atoms with Crippen molar-refractivity contribution in [2.45, 2.75) is 20.3 Å². The van der Waals surface area contributed by atoms with Crippen LogP contribution in [-0.2, 0) is 11.2 Å². The molecule has 0 spiro atoms. The van der Waals surface area contributed by atoms with E-state index in [1.165, 1.54) is 0 Å². The van der Waals surface area contributed by atoms with Crippen molar-refractivity contribution in [3.63, 3.8) is 0 Å². The summed E-state index contributed by atoms with van der Waals surface area (Å²) in [6, 6.07) is 3.81. The predicted molar refractivity (Wildman–Crippen MR) is 69.4 cm³/mol. The molecule has 0 aliphatic rings. The molecule has 0 aromatic heterocycles. The van der Waals surface area contributed by atoms with Crippen LogP contribution in [0.5, 0.6) is 11.5 Å². The Balaban J connectivity index is 3.14. The Kier molecular flexibility index (Phi) is 4.77. The first kappa shape index (κ1) is 14.1. The number of carboxylic acid groups (broad SMARTS) is 1. The number of ether oxygens (including phenoxy) is 2. The van der Waals surface area contributed by atoms with Crippen LogP contribution < -0.4 is 9.47 Å². The Morgan fingerprint density at radius 3 is 2.17 bits per heavy atom. The predicted octanol–water partition coefficient (Wildman–Crippen LogP) is 2.59. The van der Waals surface area contributed by atoms with Crippen LogP contribution in [0.1, 0.15) is 18.1 Å². The first-order chi connectivity index (χ1) is 8.49. The van der Waals surface area contributed by atoms with Gasteiger partial charge in [-0.3, -0.25) is 0 Å². The second-order valence-electron chi connectivity index (χ2n) is 4.04. The van der Waals surface area contributed by atoms with Crippen molar-refractivity contribution >= 4 is 5.97 Å². The molecule has 1 aromatic rings. The van der Waals surface area contributed by atoms with Gasteiger partial charge in [0.15, 0.2) is 0 Å². The van der Waals surface area contributed by atoms with Crippen molar-refractivity contribution < 1.29 is 19.4 Å². The first-order valence-electron chi connectivity index (χ1n) is 5.61. The molecule has 0 aliphatic carbocycles. The number of rotatable bonds is 5. The van der Waals surface area contributed by atoms with Crippen LogP contribution >= 0.6 is 0 Å². The highest BCUT2D eigenvalue weighted by Gasteiger charge is 2.11. The zero-order valence-electron chi connectivity index (χ0n) is 11.1. The Labute approximate surface area is 107 Å².